The summed E-state index contributed by atoms with van der Waals surface area (Å²) in [6, 6.07) is 13.7. The van der Waals surface area contributed by atoms with Gasteiger partial charge < -0.3 is 5.84 Å². The lowest BCUT2D eigenvalue weighted by Crippen LogP contribution is -2.12. The minimum absolute atomic E-state index is 0.0642. The molecule has 0 aliphatic carbocycles. The van der Waals surface area contributed by atoms with E-state index in [0.717, 1.165) is 11.1 Å². The van der Waals surface area contributed by atoms with Crippen LogP contribution in [0.15, 0.2) is 53.7 Å². The maximum Gasteiger partial charge on any atom is 0.210 e. The largest absolute Gasteiger partial charge is 0.335 e. The molecule has 2 aromatic carbocycles. The van der Waals surface area contributed by atoms with Gasteiger partial charge >= 0.3 is 0 Å². The average molecular weight is 349 g/mol. The molecule has 2 N–H and O–H groups in total. The maximum absolute atomic E-state index is 13.0. The molecule has 0 unspecified atom stereocenters. The summed E-state index contributed by atoms with van der Waals surface area (Å²) in [6.45, 7) is 2.01. The Bertz CT molecular complexity index is 819. The minimum atomic E-state index is -0.254. The summed E-state index contributed by atoms with van der Waals surface area (Å²) in [5, 5.41) is 9.53. The van der Waals surface area contributed by atoms with Crippen LogP contribution in [0.2, 0.25) is 5.02 Å². The third kappa shape index (κ3) is 3.48. The van der Waals surface area contributed by atoms with Crippen molar-refractivity contribution in [2.24, 2.45) is 0 Å². The van der Waals surface area contributed by atoms with Crippen molar-refractivity contribution >= 4 is 23.4 Å². The van der Waals surface area contributed by atoms with Crippen LogP contribution in [-0.4, -0.2) is 14.9 Å². The van der Waals surface area contributed by atoms with Crippen LogP contribution in [-0.2, 0) is 0 Å². The van der Waals surface area contributed by atoms with E-state index in [4.69, 9.17) is 17.4 Å². The fraction of sp³-hybridized carbons (Fsp3) is 0.125. The Morgan fingerprint density at radius 2 is 1.91 bits per heavy atom. The van der Waals surface area contributed by atoms with Gasteiger partial charge in [-0.05, 0) is 36.8 Å². The summed E-state index contributed by atoms with van der Waals surface area (Å²) in [5.74, 6) is 6.39. The molecule has 3 rings (SSSR count). The van der Waals surface area contributed by atoms with E-state index in [1.807, 2.05) is 19.1 Å². The standard InChI is InChI=1S/C16H14ClFN4S/c1-10(11-5-7-14(18)8-6-11)23-16-21-20-15(22(16)19)12-3-2-4-13(17)9-12/h2-10H,19H2,1H3/t10-/m0/s1. The van der Waals surface area contributed by atoms with Gasteiger partial charge in [0.05, 0.1) is 0 Å². The van der Waals surface area contributed by atoms with Gasteiger partial charge in [-0.15, -0.1) is 10.2 Å². The molecule has 0 saturated carbocycles. The fourth-order valence-corrected chi connectivity index (χ4v) is 3.23. The van der Waals surface area contributed by atoms with Gasteiger partial charge in [0.1, 0.15) is 5.82 Å². The molecule has 0 fully saturated rings. The van der Waals surface area contributed by atoms with Crippen LogP contribution in [0.4, 0.5) is 4.39 Å². The first-order valence-corrected chi connectivity index (χ1v) is 8.19. The number of rotatable bonds is 4. The van der Waals surface area contributed by atoms with Gasteiger partial charge in [0.2, 0.25) is 5.16 Å². The van der Waals surface area contributed by atoms with E-state index >= 15 is 0 Å². The summed E-state index contributed by atoms with van der Waals surface area (Å²) in [7, 11) is 0. The molecule has 1 atom stereocenters. The van der Waals surface area contributed by atoms with Gasteiger partial charge in [0, 0.05) is 15.8 Å². The minimum Gasteiger partial charge on any atom is -0.335 e. The molecule has 0 saturated heterocycles. The first-order valence-electron chi connectivity index (χ1n) is 6.93. The molecule has 0 bridgehead atoms. The van der Waals surface area contributed by atoms with Crippen molar-refractivity contribution in [3.8, 4) is 11.4 Å². The highest BCUT2D eigenvalue weighted by atomic mass is 35.5. The van der Waals surface area contributed by atoms with Crippen molar-refractivity contribution in [2.75, 3.05) is 5.84 Å². The van der Waals surface area contributed by atoms with Crippen molar-refractivity contribution in [1.29, 1.82) is 0 Å². The number of halogens is 2. The SMILES string of the molecule is C[C@H](Sc1nnc(-c2cccc(Cl)c2)n1N)c1ccc(F)cc1. The van der Waals surface area contributed by atoms with Crippen LogP contribution in [0, 0.1) is 5.82 Å². The Labute approximate surface area is 142 Å². The third-order valence-electron chi connectivity index (χ3n) is 3.37. The van der Waals surface area contributed by atoms with Crippen LogP contribution in [0.25, 0.3) is 11.4 Å². The summed E-state index contributed by atoms with van der Waals surface area (Å²) in [5.41, 5.74) is 1.79. The van der Waals surface area contributed by atoms with E-state index in [2.05, 4.69) is 10.2 Å². The molecule has 0 radical (unpaired) electrons. The molecule has 0 aliphatic heterocycles. The van der Waals surface area contributed by atoms with Crippen LogP contribution >= 0.6 is 23.4 Å². The molecule has 7 heteroatoms. The Morgan fingerprint density at radius 3 is 2.61 bits per heavy atom. The third-order valence-corrected chi connectivity index (χ3v) is 4.72. The zero-order valence-corrected chi connectivity index (χ0v) is 13.9. The molecule has 0 amide bonds. The molecule has 0 spiro atoms. The molecule has 0 aliphatic rings. The Kier molecular flexibility index (Phi) is 4.54. The smallest absolute Gasteiger partial charge is 0.210 e. The molecule has 4 nitrogen and oxygen atoms in total. The number of nitrogens with zero attached hydrogens (tertiary/aromatic N) is 3. The number of thioether (sulfide) groups is 1. The normalized spacial score (nSPS) is 12.3. The Hall–Kier alpha value is -2.05. The number of aromatic nitrogens is 3. The predicted octanol–water partition coefficient (Wildman–Crippen LogP) is 4.30. The number of benzene rings is 2. The lowest BCUT2D eigenvalue weighted by molar-refractivity contribution is 0.627. The van der Waals surface area contributed by atoms with Gasteiger partial charge in [-0.3, -0.25) is 0 Å². The van der Waals surface area contributed by atoms with Crippen molar-refractivity contribution in [3.05, 3.63) is 64.9 Å². The second-order valence-electron chi connectivity index (χ2n) is 5.00. The van der Waals surface area contributed by atoms with Crippen molar-refractivity contribution < 1.29 is 4.39 Å². The average Bonchev–Trinajstić information content (AvgIpc) is 2.89. The quantitative estimate of drug-likeness (QED) is 0.564. The molecular formula is C16H14ClFN4S. The highest BCUT2D eigenvalue weighted by molar-refractivity contribution is 7.99. The van der Waals surface area contributed by atoms with Gasteiger partial charge in [0.25, 0.3) is 0 Å². The van der Waals surface area contributed by atoms with Gasteiger partial charge in [0.15, 0.2) is 5.82 Å². The lowest BCUT2D eigenvalue weighted by Gasteiger charge is -2.11. The van der Waals surface area contributed by atoms with E-state index in [-0.39, 0.29) is 11.1 Å². The molecule has 23 heavy (non-hydrogen) atoms. The monoisotopic (exact) mass is 348 g/mol. The van der Waals surface area contributed by atoms with E-state index in [1.54, 1.807) is 24.3 Å². The van der Waals surface area contributed by atoms with E-state index < -0.39 is 0 Å². The zero-order chi connectivity index (χ0) is 16.4. The molecular weight excluding hydrogens is 335 g/mol. The molecule has 3 aromatic rings. The second-order valence-corrected chi connectivity index (χ2v) is 6.74. The number of nitrogen functional groups attached to an aromatic ring is 1. The van der Waals surface area contributed by atoms with Crippen LogP contribution in [0.1, 0.15) is 17.7 Å². The van der Waals surface area contributed by atoms with Gasteiger partial charge in [-0.25, -0.2) is 9.07 Å². The van der Waals surface area contributed by atoms with Crippen molar-refractivity contribution in [3.63, 3.8) is 0 Å². The number of nitrogens with two attached hydrogens (primary N) is 1. The first kappa shape index (κ1) is 15.8. The highest BCUT2D eigenvalue weighted by Gasteiger charge is 2.16. The number of hydrogen-bond donors (Lipinski definition) is 1. The molecule has 1 heterocycles. The maximum atomic E-state index is 13.0. The Balaban J connectivity index is 1.83. The van der Waals surface area contributed by atoms with E-state index in [9.17, 15) is 4.39 Å². The van der Waals surface area contributed by atoms with E-state index in [0.29, 0.717) is 16.0 Å². The van der Waals surface area contributed by atoms with Crippen molar-refractivity contribution in [2.45, 2.75) is 17.3 Å². The second kappa shape index (κ2) is 6.60. The Morgan fingerprint density at radius 1 is 1.17 bits per heavy atom. The predicted molar refractivity (Wildman–Crippen MR) is 91.3 cm³/mol. The fourth-order valence-electron chi connectivity index (χ4n) is 2.14. The summed E-state index contributed by atoms with van der Waals surface area (Å²) >= 11 is 7.45. The topological polar surface area (TPSA) is 56.7 Å². The zero-order valence-electron chi connectivity index (χ0n) is 12.3. The van der Waals surface area contributed by atoms with Gasteiger partial charge in [-0.2, -0.15) is 0 Å². The van der Waals surface area contributed by atoms with Gasteiger partial charge in [-0.1, -0.05) is 47.6 Å². The lowest BCUT2D eigenvalue weighted by atomic mass is 10.2. The van der Waals surface area contributed by atoms with E-state index in [1.165, 1.54) is 28.6 Å². The summed E-state index contributed by atoms with van der Waals surface area (Å²) in [6.07, 6.45) is 0. The summed E-state index contributed by atoms with van der Waals surface area (Å²) in [4.78, 5) is 0. The molecule has 1 aromatic heterocycles. The van der Waals surface area contributed by atoms with Crippen LogP contribution in [0.3, 0.4) is 0 Å². The highest BCUT2D eigenvalue weighted by Crippen LogP contribution is 2.34. The summed E-state index contributed by atoms with van der Waals surface area (Å²) < 4.78 is 14.4. The van der Waals surface area contributed by atoms with Crippen molar-refractivity contribution in [1.82, 2.24) is 14.9 Å². The molecule has 118 valence electrons. The first-order chi connectivity index (χ1) is 11.0. The van der Waals surface area contributed by atoms with Crippen LogP contribution in [0.5, 0.6) is 0 Å². The number of hydrogen-bond acceptors (Lipinski definition) is 4. The van der Waals surface area contributed by atoms with Crippen LogP contribution < -0.4 is 5.84 Å².